The van der Waals surface area contributed by atoms with Crippen molar-refractivity contribution in [1.82, 2.24) is 5.09 Å². The van der Waals surface area contributed by atoms with Gasteiger partial charge < -0.3 is 0 Å². The van der Waals surface area contributed by atoms with E-state index in [1.807, 2.05) is 0 Å². The lowest BCUT2D eigenvalue weighted by Gasteiger charge is -2.27. The summed E-state index contributed by atoms with van der Waals surface area (Å²) in [4.78, 5) is 0. The fourth-order valence-corrected chi connectivity index (χ4v) is 4.43. The molecule has 1 heterocycles. The summed E-state index contributed by atoms with van der Waals surface area (Å²) >= 11 is 0. The van der Waals surface area contributed by atoms with Gasteiger partial charge in [0.2, 0.25) is 0 Å². The van der Waals surface area contributed by atoms with Crippen molar-refractivity contribution in [2.45, 2.75) is 6.42 Å². The van der Waals surface area contributed by atoms with E-state index in [-0.39, 0.29) is 8.07 Å². The van der Waals surface area contributed by atoms with Gasteiger partial charge in [0.15, 0.2) is 0 Å². The van der Waals surface area contributed by atoms with Gasteiger partial charge in [-0.15, -0.1) is 0 Å². The van der Waals surface area contributed by atoms with Gasteiger partial charge in [0, 0.05) is 8.07 Å². The molecule has 0 amide bonds. The topological polar surface area (TPSA) is 12.0 Å². The van der Waals surface area contributed by atoms with E-state index in [1.54, 1.807) is 0 Å². The second kappa shape index (κ2) is 4.01. The molecular weight excluding hydrogens is 213 g/mol. The summed E-state index contributed by atoms with van der Waals surface area (Å²) in [5, 5.41) is 6.45. The van der Waals surface area contributed by atoms with Crippen LogP contribution in [0, 0.1) is 0 Å². The van der Waals surface area contributed by atoms with Crippen LogP contribution in [0.4, 0.5) is 0 Å². The summed E-state index contributed by atoms with van der Waals surface area (Å²) in [6.45, 7) is 0. The normalized spacial score (nSPS) is 14.3. The summed E-state index contributed by atoms with van der Waals surface area (Å²) in [5.41, 5.74) is 2.95. The third-order valence-electron chi connectivity index (χ3n) is 3.07. The fourth-order valence-electron chi connectivity index (χ4n) is 2.33. The van der Waals surface area contributed by atoms with E-state index in [0.717, 1.165) is 6.42 Å². The Kier molecular flexibility index (Phi) is 2.51. The first-order chi connectivity index (χ1) is 7.90. The SMILES string of the molecule is CNP1c2ccccc2Cc2ccccc21. The molecule has 2 aromatic carbocycles. The number of nitrogens with one attached hydrogen (secondary N) is 1. The smallest absolute Gasteiger partial charge is 0.0256 e. The minimum Gasteiger partial charge on any atom is -0.292 e. The molecule has 2 aromatic rings. The van der Waals surface area contributed by atoms with Gasteiger partial charge in [-0.05, 0) is 35.2 Å². The monoisotopic (exact) mass is 227 g/mol. The Morgan fingerprint density at radius 3 is 1.88 bits per heavy atom. The van der Waals surface area contributed by atoms with Gasteiger partial charge in [0.25, 0.3) is 0 Å². The molecule has 0 aliphatic carbocycles. The summed E-state index contributed by atoms with van der Waals surface area (Å²) in [7, 11) is 1.71. The molecule has 1 nitrogen and oxygen atoms in total. The van der Waals surface area contributed by atoms with E-state index in [0.29, 0.717) is 0 Å². The van der Waals surface area contributed by atoms with Gasteiger partial charge in [0.1, 0.15) is 0 Å². The molecule has 0 fully saturated rings. The van der Waals surface area contributed by atoms with Gasteiger partial charge in [-0.3, -0.25) is 5.09 Å². The zero-order valence-electron chi connectivity index (χ0n) is 9.27. The van der Waals surface area contributed by atoms with Gasteiger partial charge >= 0.3 is 0 Å². The summed E-state index contributed by atoms with van der Waals surface area (Å²) in [6, 6.07) is 17.6. The second-order valence-electron chi connectivity index (χ2n) is 3.99. The summed E-state index contributed by atoms with van der Waals surface area (Å²) in [5.74, 6) is 0. The van der Waals surface area contributed by atoms with Crippen molar-refractivity contribution in [3.63, 3.8) is 0 Å². The second-order valence-corrected chi connectivity index (χ2v) is 6.07. The molecule has 80 valence electrons. The van der Waals surface area contributed by atoms with Gasteiger partial charge in [-0.25, -0.2) is 0 Å². The zero-order chi connectivity index (χ0) is 11.0. The number of hydrogen-bond acceptors (Lipinski definition) is 1. The predicted octanol–water partition coefficient (Wildman–Crippen LogP) is 2.16. The lowest BCUT2D eigenvalue weighted by molar-refractivity contribution is 1.19. The van der Waals surface area contributed by atoms with Crippen LogP contribution >= 0.6 is 8.07 Å². The maximum absolute atomic E-state index is 3.48. The van der Waals surface area contributed by atoms with Crippen molar-refractivity contribution in [1.29, 1.82) is 0 Å². The minimum atomic E-state index is -0.351. The van der Waals surface area contributed by atoms with Crippen LogP contribution < -0.4 is 15.7 Å². The average Bonchev–Trinajstić information content (AvgIpc) is 2.36. The highest BCUT2D eigenvalue weighted by Crippen LogP contribution is 2.35. The summed E-state index contributed by atoms with van der Waals surface area (Å²) in [6.07, 6.45) is 1.08. The zero-order valence-corrected chi connectivity index (χ0v) is 10.2. The lowest BCUT2D eigenvalue weighted by Crippen LogP contribution is -2.30. The molecule has 0 radical (unpaired) electrons. The fraction of sp³-hybridized carbons (Fsp3) is 0.143. The van der Waals surface area contributed by atoms with E-state index >= 15 is 0 Å². The molecule has 1 N–H and O–H groups in total. The third-order valence-corrected chi connectivity index (χ3v) is 5.35. The molecule has 0 aromatic heterocycles. The van der Waals surface area contributed by atoms with Crippen LogP contribution in [-0.2, 0) is 6.42 Å². The predicted molar refractivity (Wildman–Crippen MR) is 70.9 cm³/mol. The number of benzene rings is 2. The van der Waals surface area contributed by atoms with Crippen LogP contribution in [0.5, 0.6) is 0 Å². The average molecular weight is 227 g/mol. The lowest BCUT2D eigenvalue weighted by atomic mass is 10.0. The molecule has 0 atom stereocenters. The molecule has 2 heteroatoms. The van der Waals surface area contributed by atoms with Crippen LogP contribution in [0.3, 0.4) is 0 Å². The first-order valence-corrected chi connectivity index (χ1v) is 6.87. The number of hydrogen-bond donors (Lipinski definition) is 1. The molecule has 0 spiro atoms. The van der Waals surface area contributed by atoms with Crippen molar-refractivity contribution in [3.05, 3.63) is 59.7 Å². The van der Waals surface area contributed by atoms with Crippen molar-refractivity contribution in [2.24, 2.45) is 0 Å². The van der Waals surface area contributed by atoms with E-state index in [4.69, 9.17) is 0 Å². The minimum absolute atomic E-state index is 0.351. The Morgan fingerprint density at radius 1 is 0.875 bits per heavy atom. The Morgan fingerprint density at radius 2 is 1.38 bits per heavy atom. The van der Waals surface area contributed by atoms with Crippen LogP contribution in [0.2, 0.25) is 0 Å². The van der Waals surface area contributed by atoms with E-state index in [1.165, 1.54) is 21.7 Å². The highest BCUT2D eigenvalue weighted by atomic mass is 31.1. The largest absolute Gasteiger partial charge is 0.292 e. The van der Waals surface area contributed by atoms with Crippen molar-refractivity contribution in [3.8, 4) is 0 Å². The molecule has 0 unspecified atom stereocenters. The van der Waals surface area contributed by atoms with Gasteiger partial charge in [0.05, 0.1) is 0 Å². The molecule has 0 bridgehead atoms. The van der Waals surface area contributed by atoms with Crippen LogP contribution in [0.25, 0.3) is 0 Å². The maximum Gasteiger partial charge on any atom is 0.0256 e. The summed E-state index contributed by atoms with van der Waals surface area (Å²) < 4.78 is 0. The first-order valence-electron chi connectivity index (χ1n) is 5.53. The molecule has 1 aliphatic heterocycles. The van der Waals surface area contributed by atoms with Crippen LogP contribution in [-0.4, -0.2) is 7.05 Å². The molecule has 1 aliphatic rings. The van der Waals surface area contributed by atoms with E-state index < -0.39 is 0 Å². The Hall–Kier alpha value is -1.17. The Labute approximate surface area is 97.3 Å². The standard InChI is InChI=1S/C14H14NP/c1-15-16-13-8-4-2-6-11(13)10-12-7-3-5-9-14(12)16/h2-9,15H,10H2,1H3. The molecule has 16 heavy (non-hydrogen) atoms. The Bertz CT molecular complexity index is 476. The molecule has 0 saturated heterocycles. The maximum atomic E-state index is 3.48. The number of fused-ring (bicyclic) bond motifs is 2. The van der Waals surface area contributed by atoms with Crippen molar-refractivity contribution >= 4 is 18.7 Å². The molecule has 0 saturated carbocycles. The van der Waals surface area contributed by atoms with Gasteiger partial charge in [-0.1, -0.05) is 48.5 Å². The number of rotatable bonds is 1. The van der Waals surface area contributed by atoms with Crippen LogP contribution in [0.1, 0.15) is 11.1 Å². The molecule has 3 rings (SSSR count). The highest BCUT2D eigenvalue weighted by Gasteiger charge is 2.23. The molecular formula is C14H14NP. The van der Waals surface area contributed by atoms with Crippen LogP contribution in [0.15, 0.2) is 48.5 Å². The third kappa shape index (κ3) is 1.48. The highest BCUT2D eigenvalue weighted by molar-refractivity contribution is 7.71. The van der Waals surface area contributed by atoms with Crippen molar-refractivity contribution < 1.29 is 0 Å². The van der Waals surface area contributed by atoms with E-state index in [2.05, 4.69) is 60.7 Å². The quantitative estimate of drug-likeness (QED) is 0.736. The van der Waals surface area contributed by atoms with Gasteiger partial charge in [-0.2, -0.15) is 0 Å². The Balaban J connectivity index is 2.19. The van der Waals surface area contributed by atoms with E-state index in [9.17, 15) is 0 Å². The van der Waals surface area contributed by atoms with Crippen molar-refractivity contribution in [2.75, 3.05) is 7.05 Å². The first kappa shape index (κ1) is 10.0.